The van der Waals surface area contributed by atoms with Crippen molar-refractivity contribution in [3.05, 3.63) is 112 Å². The molecule has 6 nitrogen and oxygen atoms in total. The van der Waals surface area contributed by atoms with E-state index in [4.69, 9.17) is 21.1 Å². The van der Waals surface area contributed by atoms with Crippen molar-refractivity contribution < 1.29 is 23.9 Å². The molecule has 8 heteroatoms. The quantitative estimate of drug-likeness (QED) is 0.138. The van der Waals surface area contributed by atoms with E-state index in [1.807, 2.05) is 49.4 Å². The van der Waals surface area contributed by atoms with Gasteiger partial charge in [-0.15, -0.1) is 0 Å². The van der Waals surface area contributed by atoms with Gasteiger partial charge < -0.3 is 9.47 Å². The normalized spacial score (nSPS) is 14.4. The molecule has 1 aliphatic rings. The number of thioether (sulfide) groups is 1. The third kappa shape index (κ3) is 5.59. The maximum absolute atomic E-state index is 13.1. The molecular formula is C30H22ClNO5S. The molecule has 1 saturated heterocycles. The number of fused-ring (bicyclic) bond motifs is 1. The average Bonchev–Trinajstić information content (AvgIpc) is 3.17. The molecule has 0 radical (unpaired) electrons. The van der Waals surface area contributed by atoms with Gasteiger partial charge in [-0.3, -0.25) is 14.5 Å². The van der Waals surface area contributed by atoms with Crippen LogP contribution in [0.2, 0.25) is 5.02 Å². The first-order valence-electron chi connectivity index (χ1n) is 11.9. The van der Waals surface area contributed by atoms with Gasteiger partial charge in [0.05, 0.1) is 23.6 Å². The monoisotopic (exact) mass is 543 g/mol. The van der Waals surface area contributed by atoms with E-state index >= 15 is 0 Å². The molecule has 0 bridgehead atoms. The van der Waals surface area contributed by atoms with E-state index in [2.05, 4.69) is 0 Å². The number of benzene rings is 4. The van der Waals surface area contributed by atoms with Crippen molar-refractivity contribution >= 4 is 57.3 Å². The maximum atomic E-state index is 13.1. The van der Waals surface area contributed by atoms with Crippen LogP contribution in [0.4, 0.5) is 4.79 Å². The first-order chi connectivity index (χ1) is 18.4. The first kappa shape index (κ1) is 25.6. The van der Waals surface area contributed by atoms with Gasteiger partial charge in [0, 0.05) is 5.02 Å². The number of imide groups is 1. The van der Waals surface area contributed by atoms with Crippen LogP contribution >= 0.6 is 23.4 Å². The summed E-state index contributed by atoms with van der Waals surface area (Å²) in [6, 6.07) is 25.2. The fourth-order valence-corrected chi connectivity index (χ4v) is 5.08. The van der Waals surface area contributed by atoms with Crippen molar-refractivity contribution in [1.29, 1.82) is 0 Å². The number of nitrogens with zero attached hydrogens (tertiary/aromatic N) is 1. The van der Waals surface area contributed by atoms with Crippen molar-refractivity contribution in [2.24, 2.45) is 0 Å². The molecular weight excluding hydrogens is 522 g/mol. The van der Waals surface area contributed by atoms with E-state index in [1.54, 1.807) is 42.5 Å². The van der Waals surface area contributed by atoms with Crippen molar-refractivity contribution in [3.63, 3.8) is 0 Å². The zero-order valence-corrected chi connectivity index (χ0v) is 21.9. The SMILES string of the molecule is CCOc1cc(/C=C2\SC(=O)N(Cc3ccc4ccccc4c3)C2=O)ccc1OC(=O)c1cccc(Cl)c1. The number of hydrogen-bond donors (Lipinski definition) is 0. The van der Waals surface area contributed by atoms with Gasteiger partial charge >= 0.3 is 5.97 Å². The Morgan fingerprint density at radius 1 is 0.921 bits per heavy atom. The summed E-state index contributed by atoms with van der Waals surface area (Å²) in [7, 11) is 0. The molecule has 0 unspecified atom stereocenters. The Morgan fingerprint density at radius 3 is 2.53 bits per heavy atom. The topological polar surface area (TPSA) is 72.9 Å². The van der Waals surface area contributed by atoms with Crippen LogP contribution in [-0.4, -0.2) is 28.6 Å². The third-order valence-corrected chi connectivity index (χ3v) is 7.00. The Morgan fingerprint density at radius 2 is 1.74 bits per heavy atom. The highest BCUT2D eigenvalue weighted by Gasteiger charge is 2.35. The number of esters is 1. The Labute approximate surface area is 228 Å². The molecule has 4 aromatic carbocycles. The molecule has 0 aliphatic carbocycles. The summed E-state index contributed by atoms with van der Waals surface area (Å²) in [5.74, 6) is -0.357. The van der Waals surface area contributed by atoms with Crippen molar-refractivity contribution in [2.75, 3.05) is 6.61 Å². The molecule has 5 rings (SSSR count). The number of carbonyl (C=O) groups is 3. The zero-order chi connectivity index (χ0) is 26.6. The number of carbonyl (C=O) groups excluding carboxylic acids is 3. The minimum absolute atomic E-state index is 0.190. The van der Waals surface area contributed by atoms with Crippen molar-refractivity contribution in [3.8, 4) is 11.5 Å². The minimum Gasteiger partial charge on any atom is -0.490 e. The molecule has 1 heterocycles. The van der Waals surface area contributed by atoms with Crippen molar-refractivity contribution in [2.45, 2.75) is 13.5 Å². The Kier molecular flexibility index (Phi) is 7.49. The largest absolute Gasteiger partial charge is 0.490 e. The van der Waals surface area contributed by atoms with Crippen LogP contribution in [0.25, 0.3) is 16.8 Å². The predicted octanol–water partition coefficient (Wildman–Crippen LogP) is 7.35. The number of ether oxygens (including phenoxy) is 2. The lowest BCUT2D eigenvalue weighted by atomic mass is 10.1. The average molecular weight is 544 g/mol. The lowest BCUT2D eigenvalue weighted by Crippen LogP contribution is -2.27. The molecule has 1 aliphatic heterocycles. The van der Waals surface area contributed by atoms with Gasteiger partial charge in [0.2, 0.25) is 0 Å². The summed E-state index contributed by atoms with van der Waals surface area (Å²) in [5, 5.41) is 2.24. The molecule has 0 N–H and O–H groups in total. The molecule has 4 aromatic rings. The molecule has 0 atom stereocenters. The molecule has 0 aromatic heterocycles. The Balaban J connectivity index is 1.35. The number of amides is 2. The highest BCUT2D eigenvalue weighted by Crippen LogP contribution is 2.36. The van der Waals surface area contributed by atoms with Crippen LogP contribution in [-0.2, 0) is 11.3 Å². The number of rotatable bonds is 7. The molecule has 0 saturated carbocycles. The van der Waals surface area contributed by atoms with Gasteiger partial charge in [-0.05, 0) is 83.1 Å². The summed E-state index contributed by atoms with van der Waals surface area (Å²) in [6.45, 7) is 2.34. The summed E-state index contributed by atoms with van der Waals surface area (Å²) in [6.07, 6.45) is 1.64. The summed E-state index contributed by atoms with van der Waals surface area (Å²) in [4.78, 5) is 39.9. The van der Waals surface area contributed by atoms with Crippen LogP contribution in [0, 0.1) is 0 Å². The van der Waals surface area contributed by atoms with Crippen LogP contribution in [0.3, 0.4) is 0 Å². The van der Waals surface area contributed by atoms with E-state index in [9.17, 15) is 14.4 Å². The van der Waals surface area contributed by atoms with Gasteiger partial charge in [-0.25, -0.2) is 4.79 Å². The van der Waals surface area contributed by atoms with Gasteiger partial charge in [0.1, 0.15) is 0 Å². The van der Waals surface area contributed by atoms with Gasteiger partial charge in [-0.1, -0.05) is 60.1 Å². The van der Waals surface area contributed by atoms with Gasteiger partial charge in [0.25, 0.3) is 11.1 Å². The predicted molar refractivity (Wildman–Crippen MR) is 149 cm³/mol. The highest BCUT2D eigenvalue weighted by atomic mass is 35.5. The summed E-state index contributed by atoms with van der Waals surface area (Å²) < 4.78 is 11.2. The smallest absolute Gasteiger partial charge is 0.343 e. The van der Waals surface area contributed by atoms with E-state index in [1.165, 1.54) is 11.0 Å². The fourth-order valence-electron chi connectivity index (χ4n) is 4.05. The lowest BCUT2D eigenvalue weighted by Gasteiger charge is -2.13. The fraction of sp³-hybridized carbons (Fsp3) is 0.100. The lowest BCUT2D eigenvalue weighted by molar-refractivity contribution is -0.123. The van der Waals surface area contributed by atoms with E-state index in [0.29, 0.717) is 33.4 Å². The van der Waals surface area contributed by atoms with Gasteiger partial charge in [0.15, 0.2) is 11.5 Å². The van der Waals surface area contributed by atoms with E-state index in [0.717, 1.165) is 28.1 Å². The second-order valence-electron chi connectivity index (χ2n) is 8.49. The molecule has 1 fully saturated rings. The number of hydrogen-bond acceptors (Lipinski definition) is 6. The van der Waals surface area contributed by atoms with Crippen LogP contribution in [0.15, 0.2) is 89.8 Å². The third-order valence-electron chi connectivity index (χ3n) is 5.86. The highest BCUT2D eigenvalue weighted by molar-refractivity contribution is 8.18. The summed E-state index contributed by atoms with van der Waals surface area (Å²) >= 11 is 6.87. The van der Waals surface area contributed by atoms with Crippen molar-refractivity contribution in [1.82, 2.24) is 4.90 Å². The van der Waals surface area contributed by atoms with Crippen LogP contribution in [0.1, 0.15) is 28.4 Å². The minimum atomic E-state index is -0.573. The van der Waals surface area contributed by atoms with Crippen LogP contribution in [0.5, 0.6) is 11.5 Å². The first-order valence-corrected chi connectivity index (χ1v) is 13.1. The summed E-state index contributed by atoms with van der Waals surface area (Å²) in [5.41, 5.74) is 1.81. The molecule has 190 valence electrons. The zero-order valence-electron chi connectivity index (χ0n) is 20.3. The molecule has 0 spiro atoms. The number of halogens is 1. The van der Waals surface area contributed by atoms with Gasteiger partial charge in [-0.2, -0.15) is 0 Å². The van der Waals surface area contributed by atoms with E-state index in [-0.39, 0.29) is 23.4 Å². The Hall–Kier alpha value is -4.07. The van der Waals surface area contributed by atoms with E-state index < -0.39 is 5.97 Å². The standard InChI is InChI=1S/C30H22ClNO5S/c1-2-36-26-15-19(11-13-25(26)37-29(34)23-8-5-9-24(31)17-23)16-27-28(33)32(30(35)38-27)18-20-10-12-21-6-3-4-7-22(21)14-20/h3-17H,2,18H2,1H3/b27-16-. The van der Waals surface area contributed by atoms with Crippen LogP contribution < -0.4 is 9.47 Å². The maximum Gasteiger partial charge on any atom is 0.343 e. The molecule has 2 amide bonds. The molecule has 38 heavy (non-hydrogen) atoms. The second kappa shape index (κ2) is 11.1. The Bertz CT molecular complexity index is 1600. The second-order valence-corrected chi connectivity index (χ2v) is 9.92.